The van der Waals surface area contributed by atoms with Gasteiger partial charge in [-0.05, 0) is 48.9 Å². The number of hydrogen-bond acceptors (Lipinski definition) is 2. The third-order valence-electron chi connectivity index (χ3n) is 5.67. The number of anilines is 1. The standard InChI is InChI=1S/C27H19ClF3N3O/c1-17-23(13-19(15-32)26(35)33-21-9-6-8-20(14-21)27(29,30)31)22-10-3-5-12-25(22)34(17)16-18-7-2-4-11-24(18)28/h2-14H,16H2,1H3,(H,33,35)/b19-13-. The number of aromatic nitrogens is 1. The van der Waals surface area contributed by atoms with Crippen molar-refractivity contribution in [2.45, 2.75) is 19.6 Å². The molecule has 8 heteroatoms. The number of rotatable bonds is 5. The number of carbonyl (C=O) groups is 1. The first kappa shape index (κ1) is 24.1. The van der Waals surface area contributed by atoms with Crippen LogP contribution in [0.1, 0.15) is 22.4 Å². The smallest absolute Gasteiger partial charge is 0.340 e. The van der Waals surface area contributed by atoms with E-state index < -0.39 is 17.6 Å². The van der Waals surface area contributed by atoms with Crippen molar-refractivity contribution in [1.82, 2.24) is 4.57 Å². The summed E-state index contributed by atoms with van der Waals surface area (Å²) in [6, 6.07) is 21.2. The zero-order chi connectivity index (χ0) is 25.2. The number of fused-ring (bicyclic) bond motifs is 1. The van der Waals surface area contributed by atoms with Crippen molar-refractivity contribution in [2.75, 3.05) is 5.32 Å². The van der Waals surface area contributed by atoms with Crippen molar-refractivity contribution >= 4 is 40.2 Å². The summed E-state index contributed by atoms with van der Waals surface area (Å²) in [4.78, 5) is 12.8. The monoisotopic (exact) mass is 493 g/mol. The molecule has 176 valence electrons. The molecule has 4 rings (SSSR count). The lowest BCUT2D eigenvalue weighted by Gasteiger charge is -2.10. The van der Waals surface area contributed by atoms with Crippen LogP contribution in [0, 0.1) is 18.3 Å². The van der Waals surface area contributed by atoms with Gasteiger partial charge in [-0.1, -0.05) is 54.1 Å². The Morgan fingerprint density at radius 3 is 2.51 bits per heavy atom. The number of nitrogens with one attached hydrogen (secondary N) is 1. The van der Waals surface area contributed by atoms with E-state index >= 15 is 0 Å². The van der Waals surface area contributed by atoms with E-state index in [0.717, 1.165) is 34.3 Å². The number of amides is 1. The fourth-order valence-electron chi connectivity index (χ4n) is 3.91. The maximum absolute atomic E-state index is 13.0. The number of benzene rings is 3. The quantitative estimate of drug-likeness (QED) is 0.236. The molecule has 0 unspecified atom stereocenters. The number of nitrogens with zero attached hydrogens (tertiary/aromatic N) is 2. The summed E-state index contributed by atoms with van der Waals surface area (Å²) in [5, 5.41) is 13.5. The summed E-state index contributed by atoms with van der Waals surface area (Å²) in [7, 11) is 0. The molecule has 0 fully saturated rings. The van der Waals surface area contributed by atoms with Crippen molar-refractivity contribution in [3.05, 3.63) is 106 Å². The van der Waals surface area contributed by atoms with Gasteiger partial charge in [0.2, 0.25) is 0 Å². The van der Waals surface area contributed by atoms with Gasteiger partial charge in [0.1, 0.15) is 11.6 Å². The second-order valence-corrected chi connectivity index (χ2v) is 8.30. The Morgan fingerprint density at radius 1 is 1.09 bits per heavy atom. The van der Waals surface area contributed by atoms with Crippen molar-refractivity contribution in [2.24, 2.45) is 0 Å². The van der Waals surface area contributed by atoms with Crippen LogP contribution in [0.4, 0.5) is 18.9 Å². The lowest BCUT2D eigenvalue weighted by Crippen LogP contribution is -2.14. The van der Waals surface area contributed by atoms with E-state index in [2.05, 4.69) is 5.32 Å². The number of alkyl halides is 3. The highest BCUT2D eigenvalue weighted by Gasteiger charge is 2.30. The highest BCUT2D eigenvalue weighted by Crippen LogP contribution is 2.32. The summed E-state index contributed by atoms with van der Waals surface area (Å²) in [5.74, 6) is -0.797. The van der Waals surface area contributed by atoms with Gasteiger partial charge in [0.15, 0.2) is 0 Å². The average Bonchev–Trinajstić information content (AvgIpc) is 3.09. The maximum Gasteiger partial charge on any atom is 0.416 e. The first-order valence-electron chi connectivity index (χ1n) is 10.6. The van der Waals surface area contributed by atoms with Gasteiger partial charge in [0.25, 0.3) is 5.91 Å². The molecular formula is C27H19ClF3N3O. The molecule has 0 radical (unpaired) electrons. The number of hydrogen-bond donors (Lipinski definition) is 1. The van der Waals surface area contributed by atoms with Crippen LogP contribution >= 0.6 is 11.6 Å². The van der Waals surface area contributed by atoms with Crippen LogP contribution in [-0.2, 0) is 17.5 Å². The minimum absolute atomic E-state index is 0.0520. The van der Waals surface area contributed by atoms with Crippen molar-refractivity contribution in [3.8, 4) is 6.07 Å². The van der Waals surface area contributed by atoms with E-state index in [0.29, 0.717) is 17.1 Å². The predicted molar refractivity (Wildman–Crippen MR) is 131 cm³/mol. The van der Waals surface area contributed by atoms with E-state index in [9.17, 15) is 23.2 Å². The van der Waals surface area contributed by atoms with Crippen LogP contribution in [0.2, 0.25) is 5.02 Å². The van der Waals surface area contributed by atoms with Gasteiger partial charge in [-0.15, -0.1) is 0 Å². The molecule has 4 nitrogen and oxygen atoms in total. The Morgan fingerprint density at radius 2 is 1.80 bits per heavy atom. The Labute approximate surface area is 204 Å². The molecule has 1 N–H and O–H groups in total. The Kier molecular flexibility index (Phi) is 6.68. The zero-order valence-electron chi connectivity index (χ0n) is 18.5. The fraction of sp³-hybridized carbons (Fsp3) is 0.111. The van der Waals surface area contributed by atoms with Crippen LogP contribution in [0.15, 0.2) is 78.4 Å². The van der Waals surface area contributed by atoms with E-state index in [1.54, 1.807) is 0 Å². The Bertz CT molecular complexity index is 1500. The van der Waals surface area contributed by atoms with Crippen LogP contribution in [0.25, 0.3) is 17.0 Å². The first-order chi connectivity index (χ1) is 16.7. The summed E-state index contributed by atoms with van der Waals surface area (Å²) in [6.45, 7) is 2.36. The molecule has 0 saturated heterocycles. The Balaban J connectivity index is 1.72. The molecule has 0 bridgehead atoms. The molecule has 0 spiro atoms. The van der Waals surface area contributed by atoms with Crippen LogP contribution < -0.4 is 5.32 Å². The number of halogens is 4. The lowest BCUT2D eigenvalue weighted by atomic mass is 10.1. The molecule has 4 aromatic rings. The predicted octanol–water partition coefficient (Wildman–Crippen LogP) is 7.22. The SMILES string of the molecule is Cc1c(/C=C(/C#N)C(=O)Nc2cccc(C(F)(F)F)c2)c2ccccc2n1Cc1ccccc1Cl. The first-order valence-corrected chi connectivity index (χ1v) is 11.0. The summed E-state index contributed by atoms with van der Waals surface area (Å²) in [6.07, 6.45) is -3.08. The number of para-hydroxylation sites is 1. The van der Waals surface area contributed by atoms with Gasteiger partial charge >= 0.3 is 6.18 Å². The molecule has 0 aliphatic rings. The van der Waals surface area contributed by atoms with Gasteiger partial charge in [0.05, 0.1) is 5.56 Å². The highest BCUT2D eigenvalue weighted by atomic mass is 35.5. The largest absolute Gasteiger partial charge is 0.416 e. The fourth-order valence-corrected chi connectivity index (χ4v) is 4.10. The average molecular weight is 494 g/mol. The molecule has 35 heavy (non-hydrogen) atoms. The third kappa shape index (κ3) is 5.08. The van der Waals surface area contributed by atoms with Crippen LogP contribution in [-0.4, -0.2) is 10.5 Å². The molecule has 0 atom stereocenters. The molecule has 3 aromatic carbocycles. The van der Waals surface area contributed by atoms with Gasteiger partial charge in [0, 0.05) is 39.4 Å². The zero-order valence-corrected chi connectivity index (χ0v) is 19.3. The van der Waals surface area contributed by atoms with Gasteiger partial charge < -0.3 is 9.88 Å². The van der Waals surface area contributed by atoms with Crippen molar-refractivity contribution in [3.63, 3.8) is 0 Å². The molecular weight excluding hydrogens is 475 g/mol. The topological polar surface area (TPSA) is 57.8 Å². The van der Waals surface area contributed by atoms with E-state index in [-0.39, 0.29) is 11.3 Å². The summed E-state index contributed by atoms with van der Waals surface area (Å²) < 4.78 is 41.1. The van der Waals surface area contributed by atoms with Gasteiger partial charge in [-0.2, -0.15) is 18.4 Å². The molecule has 0 saturated carbocycles. The second kappa shape index (κ2) is 9.69. The maximum atomic E-state index is 13.0. The minimum Gasteiger partial charge on any atom is -0.340 e. The minimum atomic E-state index is -4.55. The molecule has 1 aromatic heterocycles. The van der Waals surface area contributed by atoms with Crippen molar-refractivity contribution in [1.29, 1.82) is 5.26 Å². The van der Waals surface area contributed by atoms with E-state index in [1.807, 2.05) is 66.1 Å². The molecule has 1 heterocycles. The molecule has 1 amide bonds. The number of carbonyl (C=O) groups excluding carboxylic acids is 1. The van der Waals surface area contributed by atoms with E-state index in [4.69, 9.17) is 11.6 Å². The third-order valence-corrected chi connectivity index (χ3v) is 6.04. The summed E-state index contributed by atoms with van der Waals surface area (Å²) >= 11 is 6.36. The molecule has 0 aliphatic heterocycles. The lowest BCUT2D eigenvalue weighted by molar-refractivity contribution is -0.137. The second-order valence-electron chi connectivity index (χ2n) is 7.90. The summed E-state index contributed by atoms with van der Waals surface area (Å²) in [5.41, 5.74) is 2.11. The molecule has 0 aliphatic carbocycles. The van der Waals surface area contributed by atoms with E-state index in [1.165, 1.54) is 18.2 Å². The van der Waals surface area contributed by atoms with Crippen LogP contribution in [0.5, 0.6) is 0 Å². The Hall–Kier alpha value is -4.02. The van der Waals surface area contributed by atoms with Crippen LogP contribution in [0.3, 0.4) is 0 Å². The number of nitriles is 1. The normalized spacial score (nSPS) is 11.9. The van der Waals surface area contributed by atoms with Gasteiger partial charge in [-0.25, -0.2) is 0 Å². The highest BCUT2D eigenvalue weighted by molar-refractivity contribution is 6.31. The van der Waals surface area contributed by atoms with Crippen molar-refractivity contribution < 1.29 is 18.0 Å². The van der Waals surface area contributed by atoms with Gasteiger partial charge in [-0.3, -0.25) is 4.79 Å².